The number of benzene rings is 2. The first-order chi connectivity index (χ1) is 21.1. The van der Waals surface area contributed by atoms with E-state index in [-0.39, 0.29) is 0 Å². The average molecular weight is 565 g/mol. The third kappa shape index (κ3) is 7.49. The van der Waals surface area contributed by atoms with Crippen LogP contribution in [0, 0.1) is 13.8 Å². The van der Waals surface area contributed by atoms with Crippen LogP contribution in [0.3, 0.4) is 0 Å². The summed E-state index contributed by atoms with van der Waals surface area (Å²) in [4.78, 5) is 18.0. The van der Waals surface area contributed by atoms with Gasteiger partial charge in [-0.3, -0.25) is 19.9 Å². The zero-order chi connectivity index (χ0) is 29.4. The minimum Gasteiger partial charge on any atom is -0.489 e. The molecule has 0 unspecified atom stereocenters. The molecule has 6 aromatic rings. The van der Waals surface area contributed by atoms with Crippen molar-refractivity contribution < 1.29 is 9.47 Å². The molecule has 0 aliphatic carbocycles. The molecule has 6 rings (SSSR count). The maximum absolute atomic E-state index is 5.99. The molecular formula is C37H32N4O2. The standard InChI is InChI=1S/C37H32N4O2/c1-26-3-15-34(38-20-26)36-17-9-30(22-40-36)24-42-32-11-5-28(6-12-32)19-29-7-13-33(14-8-29)43-25-31-10-18-37(41-23-31)35-16-4-27(2)21-39-35/h3-18,20-23H,19,24-25H2,1-2H3. The molecule has 0 atom stereocenters. The van der Waals surface area contributed by atoms with Crippen molar-refractivity contribution in [3.8, 4) is 34.3 Å². The summed E-state index contributed by atoms with van der Waals surface area (Å²) in [5, 5.41) is 0. The topological polar surface area (TPSA) is 70.0 Å². The van der Waals surface area contributed by atoms with Crippen LogP contribution in [0.1, 0.15) is 33.4 Å². The molecule has 0 aliphatic rings. The molecule has 0 saturated heterocycles. The molecule has 0 radical (unpaired) electrons. The Labute approximate surface area is 252 Å². The Balaban J connectivity index is 0.965. The van der Waals surface area contributed by atoms with Crippen molar-refractivity contribution in [3.63, 3.8) is 0 Å². The quantitative estimate of drug-likeness (QED) is 0.168. The summed E-state index contributed by atoms with van der Waals surface area (Å²) in [7, 11) is 0. The van der Waals surface area contributed by atoms with Crippen LogP contribution in [0.2, 0.25) is 0 Å². The summed E-state index contributed by atoms with van der Waals surface area (Å²) >= 11 is 0. The van der Waals surface area contributed by atoms with Gasteiger partial charge in [0.1, 0.15) is 24.7 Å². The van der Waals surface area contributed by atoms with Gasteiger partial charge in [-0.2, -0.15) is 0 Å². The Hall–Kier alpha value is -5.36. The molecule has 0 aliphatic heterocycles. The summed E-state index contributed by atoms with van der Waals surface area (Å²) in [6.07, 6.45) is 8.22. The fraction of sp³-hybridized carbons (Fsp3) is 0.135. The molecule has 4 aromatic heterocycles. The van der Waals surface area contributed by atoms with Gasteiger partial charge in [0.2, 0.25) is 0 Å². The molecular weight excluding hydrogens is 532 g/mol. The van der Waals surface area contributed by atoms with Crippen molar-refractivity contribution in [2.75, 3.05) is 0 Å². The van der Waals surface area contributed by atoms with Gasteiger partial charge in [-0.1, -0.05) is 48.5 Å². The second-order valence-corrected chi connectivity index (χ2v) is 10.6. The van der Waals surface area contributed by atoms with E-state index in [4.69, 9.17) is 9.47 Å². The lowest BCUT2D eigenvalue weighted by atomic mass is 10.0. The smallest absolute Gasteiger partial charge is 0.119 e. The number of ether oxygens (including phenoxy) is 2. The van der Waals surface area contributed by atoms with Gasteiger partial charge in [0, 0.05) is 35.9 Å². The largest absolute Gasteiger partial charge is 0.489 e. The molecule has 43 heavy (non-hydrogen) atoms. The number of rotatable bonds is 10. The Bertz CT molecular complexity index is 1620. The minimum atomic E-state index is 0.458. The van der Waals surface area contributed by atoms with Gasteiger partial charge < -0.3 is 9.47 Å². The van der Waals surface area contributed by atoms with Crippen LogP contribution in [0.4, 0.5) is 0 Å². The van der Waals surface area contributed by atoms with Gasteiger partial charge in [0.15, 0.2) is 0 Å². The minimum absolute atomic E-state index is 0.458. The van der Waals surface area contributed by atoms with Crippen LogP contribution in [0.5, 0.6) is 11.5 Å². The average Bonchev–Trinajstić information content (AvgIpc) is 3.05. The Morgan fingerprint density at radius 2 is 0.744 bits per heavy atom. The van der Waals surface area contributed by atoms with E-state index in [0.717, 1.165) is 62.9 Å². The van der Waals surface area contributed by atoms with Gasteiger partial charge in [0.05, 0.1) is 22.8 Å². The summed E-state index contributed by atoms with van der Waals surface area (Å²) in [5.74, 6) is 1.66. The van der Waals surface area contributed by atoms with Crippen LogP contribution in [0.15, 0.2) is 122 Å². The molecule has 0 amide bonds. The van der Waals surface area contributed by atoms with Crippen molar-refractivity contribution in [2.45, 2.75) is 33.5 Å². The lowest BCUT2D eigenvalue weighted by Gasteiger charge is -2.09. The van der Waals surface area contributed by atoms with Crippen LogP contribution < -0.4 is 9.47 Å². The van der Waals surface area contributed by atoms with Crippen molar-refractivity contribution in [1.29, 1.82) is 0 Å². The summed E-state index contributed by atoms with van der Waals surface area (Å²) in [5.41, 5.74) is 10.2. The van der Waals surface area contributed by atoms with E-state index in [2.05, 4.69) is 44.2 Å². The van der Waals surface area contributed by atoms with Gasteiger partial charge in [-0.15, -0.1) is 0 Å². The Morgan fingerprint density at radius 3 is 1.07 bits per heavy atom. The zero-order valence-corrected chi connectivity index (χ0v) is 24.3. The number of aromatic nitrogens is 4. The number of pyridine rings is 4. The van der Waals surface area contributed by atoms with E-state index in [1.807, 2.05) is 111 Å². The van der Waals surface area contributed by atoms with Gasteiger partial charge in [0.25, 0.3) is 0 Å². The van der Waals surface area contributed by atoms with Gasteiger partial charge in [-0.05, 0) is 91.1 Å². The van der Waals surface area contributed by atoms with Crippen molar-refractivity contribution in [2.24, 2.45) is 0 Å². The van der Waals surface area contributed by atoms with E-state index < -0.39 is 0 Å². The van der Waals surface area contributed by atoms with E-state index in [1.165, 1.54) is 11.1 Å². The summed E-state index contributed by atoms with van der Waals surface area (Å²) < 4.78 is 12.0. The predicted molar refractivity (Wildman–Crippen MR) is 169 cm³/mol. The van der Waals surface area contributed by atoms with Crippen LogP contribution in [-0.4, -0.2) is 19.9 Å². The van der Waals surface area contributed by atoms with Gasteiger partial charge in [-0.25, -0.2) is 0 Å². The number of hydrogen-bond acceptors (Lipinski definition) is 6. The van der Waals surface area contributed by atoms with Crippen molar-refractivity contribution in [1.82, 2.24) is 19.9 Å². The van der Waals surface area contributed by atoms with Crippen molar-refractivity contribution in [3.05, 3.63) is 155 Å². The maximum Gasteiger partial charge on any atom is 0.119 e. The SMILES string of the molecule is Cc1ccc(-c2ccc(COc3ccc(Cc4ccc(OCc5ccc(-c6ccc(C)cn6)nc5)cc4)cc3)cn2)nc1. The van der Waals surface area contributed by atoms with E-state index in [0.29, 0.717) is 13.2 Å². The first-order valence-electron chi connectivity index (χ1n) is 14.3. The first kappa shape index (κ1) is 27.8. The highest BCUT2D eigenvalue weighted by molar-refractivity contribution is 5.54. The number of nitrogens with zero attached hydrogens (tertiary/aromatic N) is 4. The maximum atomic E-state index is 5.99. The lowest BCUT2D eigenvalue weighted by molar-refractivity contribution is 0.305. The molecule has 0 fully saturated rings. The monoisotopic (exact) mass is 564 g/mol. The second-order valence-electron chi connectivity index (χ2n) is 10.6. The fourth-order valence-electron chi connectivity index (χ4n) is 4.54. The number of hydrogen-bond donors (Lipinski definition) is 0. The van der Waals surface area contributed by atoms with E-state index in [9.17, 15) is 0 Å². The van der Waals surface area contributed by atoms with E-state index >= 15 is 0 Å². The van der Waals surface area contributed by atoms with Crippen LogP contribution in [-0.2, 0) is 19.6 Å². The first-order valence-corrected chi connectivity index (χ1v) is 14.3. The molecule has 2 aromatic carbocycles. The third-order valence-electron chi connectivity index (χ3n) is 7.06. The molecule has 0 N–H and O–H groups in total. The highest BCUT2D eigenvalue weighted by Gasteiger charge is 2.05. The second kappa shape index (κ2) is 13.1. The van der Waals surface area contributed by atoms with Gasteiger partial charge >= 0.3 is 0 Å². The highest BCUT2D eigenvalue weighted by Crippen LogP contribution is 2.21. The summed E-state index contributed by atoms with van der Waals surface area (Å²) in [6, 6.07) is 32.5. The Morgan fingerprint density at radius 1 is 0.395 bits per heavy atom. The third-order valence-corrected chi connectivity index (χ3v) is 7.06. The molecule has 4 heterocycles. The molecule has 0 saturated carbocycles. The van der Waals surface area contributed by atoms with Crippen LogP contribution >= 0.6 is 0 Å². The normalized spacial score (nSPS) is 10.8. The molecule has 212 valence electrons. The number of aryl methyl sites for hydroxylation is 2. The molecule has 0 bridgehead atoms. The highest BCUT2D eigenvalue weighted by atomic mass is 16.5. The predicted octanol–water partition coefficient (Wildman–Crippen LogP) is 7.97. The Kier molecular flexibility index (Phi) is 8.46. The van der Waals surface area contributed by atoms with Crippen LogP contribution in [0.25, 0.3) is 22.8 Å². The molecule has 6 nitrogen and oxygen atoms in total. The molecule has 0 spiro atoms. The lowest BCUT2D eigenvalue weighted by Crippen LogP contribution is -1.98. The fourth-order valence-corrected chi connectivity index (χ4v) is 4.54. The zero-order valence-electron chi connectivity index (χ0n) is 24.3. The molecule has 6 heteroatoms. The summed E-state index contributed by atoms with van der Waals surface area (Å²) in [6.45, 7) is 4.96. The van der Waals surface area contributed by atoms with E-state index in [1.54, 1.807) is 0 Å². The van der Waals surface area contributed by atoms with Crippen molar-refractivity contribution >= 4 is 0 Å².